The lowest BCUT2D eigenvalue weighted by Crippen LogP contribution is -2.30. The fourth-order valence-electron chi connectivity index (χ4n) is 0.524. The van der Waals surface area contributed by atoms with Gasteiger partial charge in [0.25, 0.3) is 0 Å². The van der Waals surface area contributed by atoms with Crippen LogP contribution in [0.25, 0.3) is 0 Å². The van der Waals surface area contributed by atoms with Crippen molar-refractivity contribution in [3.63, 3.8) is 0 Å². The first-order valence-corrected chi connectivity index (χ1v) is 4.16. The Bertz CT molecular complexity index is 210. The van der Waals surface area contributed by atoms with Crippen molar-refractivity contribution in [2.45, 2.75) is 32.5 Å². The average Bonchev–Trinajstić information content (AvgIpc) is 2.00. The van der Waals surface area contributed by atoms with Gasteiger partial charge in [-0.2, -0.15) is 5.10 Å². The van der Waals surface area contributed by atoms with Crippen molar-refractivity contribution in [1.29, 1.82) is 0 Å². The molecule has 1 atom stereocenters. The molecule has 1 amide bonds. The van der Waals surface area contributed by atoms with Crippen molar-refractivity contribution >= 4 is 12.3 Å². The van der Waals surface area contributed by atoms with Crippen molar-refractivity contribution < 1.29 is 19.7 Å². The molecule has 6 heteroatoms. The summed E-state index contributed by atoms with van der Waals surface area (Å²) in [6.07, 6.45) is -0.784. The Morgan fingerprint density at radius 2 is 2.21 bits per heavy atom. The zero-order valence-electron chi connectivity index (χ0n) is 8.52. The van der Waals surface area contributed by atoms with E-state index in [0.717, 1.165) is 6.21 Å². The molecule has 0 aliphatic rings. The molecule has 0 saturated carbocycles. The molecular formula is C8H16N2O4. The highest BCUT2D eigenvalue weighted by atomic mass is 16.6. The van der Waals surface area contributed by atoms with E-state index in [0.29, 0.717) is 0 Å². The Labute approximate surface area is 82.6 Å². The van der Waals surface area contributed by atoms with E-state index in [1.165, 1.54) is 0 Å². The number of hydrogen-bond donors (Lipinski definition) is 3. The first-order valence-electron chi connectivity index (χ1n) is 4.16. The van der Waals surface area contributed by atoms with Gasteiger partial charge in [-0.1, -0.05) is 0 Å². The first kappa shape index (κ1) is 12.9. The van der Waals surface area contributed by atoms with Gasteiger partial charge in [-0.05, 0) is 20.8 Å². The molecule has 0 heterocycles. The molecule has 14 heavy (non-hydrogen) atoms. The lowest BCUT2D eigenvalue weighted by molar-refractivity contribution is 0.0528. The molecule has 0 unspecified atom stereocenters. The molecular weight excluding hydrogens is 188 g/mol. The monoisotopic (exact) mass is 204 g/mol. The van der Waals surface area contributed by atoms with Crippen molar-refractivity contribution in [1.82, 2.24) is 5.43 Å². The molecule has 6 nitrogen and oxygen atoms in total. The fourth-order valence-corrected chi connectivity index (χ4v) is 0.524. The summed E-state index contributed by atoms with van der Waals surface area (Å²) < 4.78 is 4.85. The predicted molar refractivity (Wildman–Crippen MR) is 51.0 cm³/mol. The molecule has 0 aromatic carbocycles. The Balaban J connectivity index is 3.80. The molecule has 0 rings (SSSR count). The highest BCUT2D eigenvalue weighted by molar-refractivity contribution is 5.70. The van der Waals surface area contributed by atoms with E-state index >= 15 is 0 Å². The number of amides is 1. The summed E-state index contributed by atoms with van der Waals surface area (Å²) in [6, 6.07) is 0. The summed E-state index contributed by atoms with van der Waals surface area (Å²) in [5.74, 6) is 0. The minimum absolute atomic E-state index is 0.445. The average molecular weight is 204 g/mol. The third kappa shape index (κ3) is 7.51. The molecule has 0 aliphatic carbocycles. The van der Waals surface area contributed by atoms with Crippen LogP contribution in [0.3, 0.4) is 0 Å². The number of nitrogens with one attached hydrogen (secondary N) is 1. The summed E-state index contributed by atoms with van der Waals surface area (Å²) >= 11 is 0. The molecule has 0 aliphatic heterocycles. The van der Waals surface area contributed by atoms with E-state index in [1.54, 1.807) is 20.8 Å². The van der Waals surface area contributed by atoms with Gasteiger partial charge in [-0.3, -0.25) is 0 Å². The minimum atomic E-state index is -1.08. The van der Waals surface area contributed by atoms with Crippen LogP contribution in [0.15, 0.2) is 5.10 Å². The smallest absolute Gasteiger partial charge is 0.428 e. The Morgan fingerprint density at radius 1 is 1.64 bits per heavy atom. The standard InChI is InChI=1S/C8H16N2O4/c1-8(2,3)14-7(13)10-9-4-6(12)5-11/h4,6,11-12H,5H2,1-3H3,(H,10,13)/t6-/m1/s1. The van der Waals surface area contributed by atoms with E-state index < -0.39 is 24.4 Å². The lowest BCUT2D eigenvalue weighted by atomic mass is 10.2. The Hall–Kier alpha value is -1.14. The zero-order chi connectivity index (χ0) is 11.2. The molecule has 82 valence electrons. The van der Waals surface area contributed by atoms with Gasteiger partial charge in [0.1, 0.15) is 11.7 Å². The topological polar surface area (TPSA) is 91.2 Å². The third-order valence-electron chi connectivity index (χ3n) is 0.988. The molecule has 0 saturated heterocycles. The summed E-state index contributed by atoms with van der Waals surface area (Å²) in [5.41, 5.74) is 1.45. The highest BCUT2D eigenvalue weighted by Gasteiger charge is 2.15. The molecule has 0 spiro atoms. The van der Waals surface area contributed by atoms with Crippen LogP contribution in [-0.4, -0.2) is 40.8 Å². The van der Waals surface area contributed by atoms with Crippen LogP contribution < -0.4 is 5.43 Å². The molecule has 3 N–H and O–H groups in total. The van der Waals surface area contributed by atoms with E-state index in [-0.39, 0.29) is 0 Å². The van der Waals surface area contributed by atoms with Gasteiger partial charge in [0.05, 0.1) is 12.8 Å². The van der Waals surface area contributed by atoms with Gasteiger partial charge in [-0.15, -0.1) is 0 Å². The quantitative estimate of drug-likeness (QED) is 0.440. The van der Waals surface area contributed by atoms with Crippen molar-refractivity contribution in [2.75, 3.05) is 6.61 Å². The molecule has 0 radical (unpaired) electrons. The maximum Gasteiger partial charge on any atom is 0.428 e. The second-order valence-electron chi connectivity index (χ2n) is 3.64. The molecule has 0 aromatic heterocycles. The minimum Gasteiger partial charge on any atom is -0.443 e. The number of hydrazone groups is 1. The Kier molecular flexibility index (Phi) is 5.11. The van der Waals surface area contributed by atoms with Gasteiger partial charge < -0.3 is 14.9 Å². The summed E-state index contributed by atoms with van der Waals surface area (Å²) in [5, 5.41) is 20.6. The second kappa shape index (κ2) is 5.56. The van der Waals surface area contributed by atoms with E-state index in [4.69, 9.17) is 14.9 Å². The lowest BCUT2D eigenvalue weighted by Gasteiger charge is -2.18. The van der Waals surface area contributed by atoms with Crippen LogP contribution in [-0.2, 0) is 4.74 Å². The Morgan fingerprint density at radius 3 is 2.64 bits per heavy atom. The van der Waals surface area contributed by atoms with Gasteiger partial charge in [0, 0.05) is 0 Å². The highest BCUT2D eigenvalue weighted by Crippen LogP contribution is 2.05. The SMILES string of the molecule is CC(C)(C)OC(=O)NN=C[C@@H](O)CO. The van der Waals surface area contributed by atoms with Crippen LogP contribution in [0.4, 0.5) is 4.79 Å². The van der Waals surface area contributed by atoms with Crippen LogP contribution in [0.1, 0.15) is 20.8 Å². The van der Waals surface area contributed by atoms with Crippen molar-refractivity contribution in [3.8, 4) is 0 Å². The predicted octanol–water partition coefficient (Wildman–Crippen LogP) is -0.150. The third-order valence-corrected chi connectivity index (χ3v) is 0.988. The van der Waals surface area contributed by atoms with Crippen molar-refractivity contribution in [2.24, 2.45) is 5.10 Å². The van der Waals surface area contributed by atoms with Crippen LogP contribution in [0.5, 0.6) is 0 Å². The number of rotatable bonds is 3. The van der Waals surface area contributed by atoms with Gasteiger partial charge in [0.15, 0.2) is 0 Å². The maximum absolute atomic E-state index is 10.9. The number of hydrogen-bond acceptors (Lipinski definition) is 5. The molecule has 0 bridgehead atoms. The second-order valence-corrected chi connectivity index (χ2v) is 3.64. The van der Waals surface area contributed by atoms with Gasteiger partial charge in [-0.25, -0.2) is 10.2 Å². The fraction of sp³-hybridized carbons (Fsp3) is 0.750. The number of aliphatic hydroxyl groups excluding tert-OH is 2. The number of aliphatic hydroxyl groups is 2. The number of nitrogens with zero attached hydrogens (tertiary/aromatic N) is 1. The summed E-state index contributed by atoms with van der Waals surface area (Å²) in [6.45, 7) is 4.72. The van der Waals surface area contributed by atoms with Gasteiger partial charge >= 0.3 is 6.09 Å². The van der Waals surface area contributed by atoms with Crippen LogP contribution in [0, 0.1) is 0 Å². The summed E-state index contributed by atoms with van der Waals surface area (Å²) in [7, 11) is 0. The summed E-state index contributed by atoms with van der Waals surface area (Å²) in [4.78, 5) is 10.9. The number of carbonyl (C=O) groups excluding carboxylic acids is 1. The van der Waals surface area contributed by atoms with Crippen LogP contribution >= 0.6 is 0 Å². The van der Waals surface area contributed by atoms with Crippen molar-refractivity contribution in [3.05, 3.63) is 0 Å². The van der Waals surface area contributed by atoms with E-state index in [1.807, 2.05) is 5.43 Å². The first-order chi connectivity index (χ1) is 6.35. The number of carbonyl (C=O) groups is 1. The largest absolute Gasteiger partial charge is 0.443 e. The van der Waals surface area contributed by atoms with Crippen LogP contribution in [0.2, 0.25) is 0 Å². The van der Waals surface area contributed by atoms with Gasteiger partial charge in [0.2, 0.25) is 0 Å². The molecule has 0 aromatic rings. The van der Waals surface area contributed by atoms with E-state index in [9.17, 15) is 4.79 Å². The number of ether oxygens (including phenoxy) is 1. The normalized spacial score (nSPS) is 14.1. The maximum atomic E-state index is 10.9. The molecule has 0 fully saturated rings. The van der Waals surface area contributed by atoms with E-state index in [2.05, 4.69) is 5.10 Å². The zero-order valence-corrected chi connectivity index (χ0v) is 8.52.